The maximum atomic E-state index is 11.9. The molecule has 0 aliphatic rings. The minimum atomic E-state index is -0.490. The molecule has 1 aromatic rings. The van der Waals surface area contributed by atoms with E-state index in [1.54, 1.807) is 25.9 Å². The van der Waals surface area contributed by atoms with Crippen molar-refractivity contribution in [2.45, 2.75) is 32.9 Å². The van der Waals surface area contributed by atoms with Crippen LogP contribution < -0.4 is 10.1 Å². The zero-order valence-electron chi connectivity index (χ0n) is 12.6. The average Bonchev–Trinajstić information content (AvgIpc) is 2.40. The summed E-state index contributed by atoms with van der Waals surface area (Å²) in [5.41, 5.74) is 1.05. The van der Waals surface area contributed by atoms with Crippen LogP contribution in [0.4, 0.5) is 0 Å². The van der Waals surface area contributed by atoms with Crippen molar-refractivity contribution in [1.82, 2.24) is 10.2 Å². The van der Waals surface area contributed by atoms with Gasteiger partial charge in [-0.3, -0.25) is 4.79 Å². The number of rotatable bonds is 7. The van der Waals surface area contributed by atoms with Crippen LogP contribution in [0.5, 0.6) is 5.75 Å². The van der Waals surface area contributed by atoms with Gasteiger partial charge in [0.2, 0.25) is 0 Å². The Morgan fingerprint density at radius 3 is 2.75 bits per heavy atom. The third kappa shape index (κ3) is 5.13. The third-order valence-electron chi connectivity index (χ3n) is 2.86. The molecule has 0 aliphatic heterocycles. The number of likely N-dealkylation sites (N-methyl/N-ethyl adjacent to an activating group) is 1. The van der Waals surface area contributed by atoms with Gasteiger partial charge >= 0.3 is 0 Å². The molecule has 0 radical (unpaired) electrons. The molecule has 0 heterocycles. The van der Waals surface area contributed by atoms with E-state index in [9.17, 15) is 4.79 Å². The van der Waals surface area contributed by atoms with Gasteiger partial charge in [0.05, 0.1) is 0 Å². The number of benzene rings is 1. The van der Waals surface area contributed by atoms with Gasteiger partial charge in [-0.05, 0) is 38.1 Å². The first-order chi connectivity index (χ1) is 9.45. The molecule has 0 saturated heterocycles. The number of halogens is 1. The maximum absolute atomic E-state index is 11.9. The summed E-state index contributed by atoms with van der Waals surface area (Å²) in [4.78, 5) is 13.4. The first kappa shape index (κ1) is 17.0. The summed E-state index contributed by atoms with van der Waals surface area (Å²) in [6.45, 7) is 5.58. The first-order valence-electron chi connectivity index (χ1n) is 6.82. The molecular formula is C15H23BrN2O2. The molecule has 5 heteroatoms. The van der Waals surface area contributed by atoms with Crippen molar-refractivity contribution in [1.29, 1.82) is 0 Å². The minimum Gasteiger partial charge on any atom is -0.481 e. The van der Waals surface area contributed by atoms with Gasteiger partial charge in [0.15, 0.2) is 6.10 Å². The summed E-state index contributed by atoms with van der Waals surface area (Å²) in [5.74, 6) is 0.708. The smallest absolute Gasteiger partial charge is 0.262 e. The molecule has 1 aromatic carbocycles. The van der Waals surface area contributed by atoms with E-state index >= 15 is 0 Å². The van der Waals surface area contributed by atoms with E-state index in [0.29, 0.717) is 0 Å². The predicted octanol–water partition coefficient (Wildman–Crippen LogP) is 2.80. The molecule has 1 N–H and O–H groups in total. The lowest BCUT2D eigenvalue weighted by Crippen LogP contribution is -2.35. The van der Waals surface area contributed by atoms with E-state index in [0.717, 1.165) is 35.3 Å². The van der Waals surface area contributed by atoms with Crippen molar-refractivity contribution in [2.75, 3.05) is 20.6 Å². The monoisotopic (exact) mass is 342 g/mol. The highest BCUT2D eigenvalue weighted by molar-refractivity contribution is 9.10. The highest BCUT2D eigenvalue weighted by atomic mass is 79.9. The molecular weight excluding hydrogens is 320 g/mol. The molecule has 0 fully saturated rings. The fourth-order valence-electron chi connectivity index (χ4n) is 1.81. The van der Waals surface area contributed by atoms with Gasteiger partial charge in [-0.15, -0.1) is 0 Å². The molecule has 0 saturated carbocycles. The number of hydrogen-bond donors (Lipinski definition) is 1. The molecule has 1 atom stereocenters. The Bertz CT molecular complexity index is 449. The lowest BCUT2D eigenvalue weighted by molar-refractivity contribution is -0.135. The van der Waals surface area contributed by atoms with E-state index in [4.69, 9.17) is 4.74 Å². The van der Waals surface area contributed by atoms with Crippen LogP contribution in [0.2, 0.25) is 0 Å². The second kappa shape index (κ2) is 8.27. The number of carbonyl (C=O) groups is 1. The van der Waals surface area contributed by atoms with Crippen LogP contribution in [0.3, 0.4) is 0 Å². The molecule has 112 valence electrons. The number of carbonyl (C=O) groups excluding carboxylic acids is 1. The zero-order chi connectivity index (χ0) is 15.1. The second-order valence-electron chi connectivity index (χ2n) is 4.92. The van der Waals surface area contributed by atoms with Crippen LogP contribution in [-0.2, 0) is 11.3 Å². The van der Waals surface area contributed by atoms with Crippen molar-refractivity contribution < 1.29 is 9.53 Å². The van der Waals surface area contributed by atoms with Gasteiger partial charge in [0, 0.05) is 30.7 Å². The molecule has 20 heavy (non-hydrogen) atoms. The van der Waals surface area contributed by atoms with E-state index in [2.05, 4.69) is 28.2 Å². The van der Waals surface area contributed by atoms with Crippen LogP contribution in [0.15, 0.2) is 22.7 Å². The minimum absolute atomic E-state index is 0.0413. The first-order valence-corrected chi connectivity index (χ1v) is 7.62. The lowest BCUT2D eigenvalue weighted by atomic mass is 10.2. The highest BCUT2D eigenvalue weighted by Gasteiger charge is 2.18. The number of amides is 1. The SMILES string of the molecule is CCCNCc1cc(Br)ccc1OC(C)C(=O)N(C)C. The Kier molecular flexibility index (Phi) is 7.02. The summed E-state index contributed by atoms with van der Waals surface area (Å²) < 4.78 is 6.81. The van der Waals surface area contributed by atoms with Crippen LogP contribution >= 0.6 is 15.9 Å². The van der Waals surface area contributed by atoms with E-state index in [1.807, 2.05) is 18.2 Å². The normalized spacial score (nSPS) is 12.1. The van der Waals surface area contributed by atoms with Gasteiger partial charge in [-0.2, -0.15) is 0 Å². The summed E-state index contributed by atoms with van der Waals surface area (Å²) in [6.07, 6.45) is 0.593. The summed E-state index contributed by atoms with van der Waals surface area (Å²) in [5, 5.41) is 3.35. The van der Waals surface area contributed by atoms with Gasteiger partial charge in [0.25, 0.3) is 5.91 Å². The van der Waals surface area contributed by atoms with Crippen molar-refractivity contribution in [3.05, 3.63) is 28.2 Å². The van der Waals surface area contributed by atoms with Crippen molar-refractivity contribution in [2.24, 2.45) is 0 Å². The Morgan fingerprint density at radius 2 is 2.15 bits per heavy atom. The quantitative estimate of drug-likeness (QED) is 0.774. The molecule has 1 unspecified atom stereocenters. The Hall–Kier alpha value is -1.07. The summed E-state index contributed by atoms with van der Waals surface area (Å²) in [6, 6.07) is 5.84. The Labute approximate surface area is 129 Å². The number of ether oxygens (including phenoxy) is 1. The van der Waals surface area contributed by atoms with Gasteiger partial charge in [-0.1, -0.05) is 22.9 Å². The van der Waals surface area contributed by atoms with E-state index < -0.39 is 6.10 Å². The Morgan fingerprint density at radius 1 is 1.45 bits per heavy atom. The van der Waals surface area contributed by atoms with Gasteiger partial charge < -0.3 is 15.0 Å². The largest absolute Gasteiger partial charge is 0.481 e. The van der Waals surface area contributed by atoms with Crippen LogP contribution in [0.1, 0.15) is 25.8 Å². The molecule has 1 rings (SSSR count). The molecule has 1 amide bonds. The average molecular weight is 343 g/mol. The number of nitrogens with zero attached hydrogens (tertiary/aromatic N) is 1. The third-order valence-corrected chi connectivity index (χ3v) is 3.35. The molecule has 0 bridgehead atoms. The van der Waals surface area contributed by atoms with Crippen molar-refractivity contribution in [3.63, 3.8) is 0 Å². The fraction of sp³-hybridized carbons (Fsp3) is 0.533. The molecule has 4 nitrogen and oxygen atoms in total. The fourth-order valence-corrected chi connectivity index (χ4v) is 2.21. The van der Waals surface area contributed by atoms with Crippen LogP contribution in [0.25, 0.3) is 0 Å². The van der Waals surface area contributed by atoms with Crippen LogP contribution in [0, 0.1) is 0 Å². The predicted molar refractivity (Wildman–Crippen MR) is 84.9 cm³/mol. The van der Waals surface area contributed by atoms with Gasteiger partial charge in [-0.25, -0.2) is 0 Å². The highest BCUT2D eigenvalue weighted by Crippen LogP contribution is 2.24. The lowest BCUT2D eigenvalue weighted by Gasteiger charge is -2.20. The maximum Gasteiger partial charge on any atom is 0.262 e. The standard InChI is InChI=1S/C15H23BrN2O2/c1-5-8-17-10-12-9-13(16)6-7-14(12)20-11(2)15(19)18(3)4/h6-7,9,11,17H,5,8,10H2,1-4H3. The Balaban J connectivity index is 2.80. The summed E-state index contributed by atoms with van der Waals surface area (Å²) >= 11 is 3.47. The summed E-state index contributed by atoms with van der Waals surface area (Å²) in [7, 11) is 3.46. The van der Waals surface area contributed by atoms with E-state index in [1.165, 1.54) is 0 Å². The second-order valence-corrected chi connectivity index (χ2v) is 5.84. The van der Waals surface area contributed by atoms with Crippen molar-refractivity contribution in [3.8, 4) is 5.75 Å². The topological polar surface area (TPSA) is 41.6 Å². The molecule has 0 aromatic heterocycles. The number of hydrogen-bond acceptors (Lipinski definition) is 3. The molecule has 0 aliphatic carbocycles. The number of nitrogens with one attached hydrogen (secondary N) is 1. The van der Waals surface area contributed by atoms with Crippen molar-refractivity contribution >= 4 is 21.8 Å². The van der Waals surface area contributed by atoms with Crippen LogP contribution in [-0.4, -0.2) is 37.6 Å². The van der Waals surface area contributed by atoms with Gasteiger partial charge in [0.1, 0.15) is 5.75 Å². The van der Waals surface area contributed by atoms with E-state index in [-0.39, 0.29) is 5.91 Å². The molecule has 0 spiro atoms. The zero-order valence-corrected chi connectivity index (χ0v) is 14.2.